The van der Waals surface area contributed by atoms with Gasteiger partial charge < -0.3 is 4.74 Å². The topological polar surface area (TPSA) is 50.7 Å². The monoisotopic (exact) mass is 368 g/mol. The Balaban J connectivity index is 1.90. The average Bonchev–Trinajstić information content (AvgIpc) is 2.56. The first kappa shape index (κ1) is 18.2. The summed E-state index contributed by atoms with van der Waals surface area (Å²) >= 11 is 11.7. The first-order valence-corrected chi connectivity index (χ1v) is 7.93. The summed E-state index contributed by atoms with van der Waals surface area (Å²) < 4.78 is 17.3. The maximum absolute atomic E-state index is 12.0. The number of amides is 1. The van der Waals surface area contributed by atoms with Gasteiger partial charge in [0.05, 0.1) is 30.1 Å². The third-order valence-electron chi connectivity index (χ3n) is 2.98. The van der Waals surface area contributed by atoms with E-state index in [9.17, 15) is 9.18 Å². The van der Waals surface area contributed by atoms with Gasteiger partial charge in [0.1, 0.15) is 5.75 Å². The fourth-order valence-corrected chi connectivity index (χ4v) is 2.29. The SMILES string of the molecule is O=C(NN=Cc1ccc(OCCCF)cc1)c1ccc(Cl)cc1Cl. The largest absolute Gasteiger partial charge is 0.493 e. The van der Waals surface area contributed by atoms with Crippen LogP contribution in [0, 0.1) is 0 Å². The third kappa shape index (κ3) is 5.51. The fourth-order valence-electron chi connectivity index (χ4n) is 1.79. The van der Waals surface area contributed by atoms with Crippen LogP contribution in [0.5, 0.6) is 5.75 Å². The number of halogens is 3. The first-order chi connectivity index (χ1) is 11.6. The molecule has 1 N–H and O–H groups in total. The molecule has 0 saturated carbocycles. The lowest BCUT2D eigenvalue weighted by molar-refractivity contribution is 0.0955. The van der Waals surface area contributed by atoms with Crippen LogP contribution in [0.25, 0.3) is 0 Å². The number of nitrogens with zero attached hydrogens (tertiary/aromatic N) is 1. The van der Waals surface area contributed by atoms with Gasteiger partial charge in [0, 0.05) is 11.4 Å². The standard InChI is InChI=1S/C17H15Cl2FN2O2/c18-13-4-7-15(16(19)10-13)17(23)22-21-11-12-2-5-14(6-3-12)24-9-1-8-20/h2-7,10-11H,1,8-9H2,(H,22,23). The van der Waals surface area contributed by atoms with Crippen molar-refractivity contribution in [3.63, 3.8) is 0 Å². The summed E-state index contributed by atoms with van der Waals surface area (Å²) in [6.45, 7) is -0.0656. The molecule has 0 unspecified atom stereocenters. The van der Waals surface area contributed by atoms with Crippen molar-refractivity contribution in [1.29, 1.82) is 0 Å². The number of hydrogen-bond acceptors (Lipinski definition) is 3. The van der Waals surface area contributed by atoms with E-state index in [0.717, 1.165) is 5.56 Å². The third-order valence-corrected chi connectivity index (χ3v) is 3.53. The Labute approximate surface area is 149 Å². The number of carbonyl (C=O) groups is 1. The molecule has 0 bridgehead atoms. The normalized spacial score (nSPS) is 10.8. The van der Waals surface area contributed by atoms with E-state index in [-0.39, 0.29) is 10.6 Å². The number of carbonyl (C=O) groups excluding carboxylic acids is 1. The second kappa shape index (κ2) is 9.25. The summed E-state index contributed by atoms with van der Waals surface area (Å²) in [7, 11) is 0. The molecule has 2 aromatic carbocycles. The minimum atomic E-state index is -0.431. The van der Waals surface area contributed by atoms with Crippen molar-refractivity contribution in [3.05, 3.63) is 63.6 Å². The van der Waals surface area contributed by atoms with Crippen LogP contribution in [-0.4, -0.2) is 25.4 Å². The van der Waals surface area contributed by atoms with Crippen LogP contribution in [-0.2, 0) is 0 Å². The molecule has 0 heterocycles. The molecule has 0 aromatic heterocycles. The zero-order valence-electron chi connectivity index (χ0n) is 12.6. The van der Waals surface area contributed by atoms with Crippen LogP contribution in [0.4, 0.5) is 4.39 Å². The number of hydrazone groups is 1. The Bertz CT molecular complexity index is 721. The van der Waals surface area contributed by atoms with Crippen molar-refractivity contribution in [1.82, 2.24) is 5.43 Å². The van der Waals surface area contributed by atoms with Gasteiger partial charge in [-0.1, -0.05) is 23.2 Å². The maximum Gasteiger partial charge on any atom is 0.272 e. The predicted molar refractivity (Wildman–Crippen MR) is 94.1 cm³/mol. The summed E-state index contributed by atoms with van der Waals surface area (Å²) in [6.07, 6.45) is 1.86. The van der Waals surface area contributed by atoms with Crippen molar-refractivity contribution in [2.45, 2.75) is 6.42 Å². The van der Waals surface area contributed by atoms with Crippen LogP contribution in [0.3, 0.4) is 0 Å². The molecule has 7 heteroatoms. The molecule has 24 heavy (non-hydrogen) atoms. The van der Waals surface area contributed by atoms with E-state index >= 15 is 0 Å². The number of alkyl halides is 1. The van der Waals surface area contributed by atoms with E-state index in [4.69, 9.17) is 27.9 Å². The molecule has 0 aliphatic heterocycles. The lowest BCUT2D eigenvalue weighted by atomic mass is 10.2. The number of nitrogens with one attached hydrogen (secondary N) is 1. The smallest absolute Gasteiger partial charge is 0.272 e. The molecule has 0 aliphatic rings. The zero-order chi connectivity index (χ0) is 17.4. The molecule has 126 valence electrons. The van der Waals surface area contributed by atoms with Gasteiger partial charge in [-0.15, -0.1) is 0 Å². The van der Waals surface area contributed by atoms with Crippen molar-refractivity contribution in [2.75, 3.05) is 13.3 Å². The van der Waals surface area contributed by atoms with Gasteiger partial charge in [-0.05, 0) is 48.0 Å². The summed E-state index contributed by atoms with van der Waals surface area (Å²) in [6, 6.07) is 11.6. The van der Waals surface area contributed by atoms with Gasteiger partial charge in [-0.2, -0.15) is 5.10 Å². The van der Waals surface area contributed by atoms with E-state index < -0.39 is 12.6 Å². The highest BCUT2D eigenvalue weighted by Gasteiger charge is 2.09. The average molecular weight is 369 g/mol. The highest BCUT2D eigenvalue weighted by molar-refractivity contribution is 6.36. The number of rotatable bonds is 7. The van der Waals surface area contributed by atoms with Crippen LogP contribution in [0.15, 0.2) is 47.6 Å². The second-order valence-corrected chi connectivity index (χ2v) is 5.63. The molecule has 0 fully saturated rings. The zero-order valence-corrected chi connectivity index (χ0v) is 14.1. The van der Waals surface area contributed by atoms with Gasteiger partial charge >= 0.3 is 0 Å². The Morgan fingerprint density at radius 1 is 1.21 bits per heavy atom. The lowest BCUT2D eigenvalue weighted by Gasteiger charge is -2.04. The van der Waals surface area contributed by atoms with E-state index in [1.165, 1.54) is 18.3 Å². The fraction of sp³-hybridized carbons (Fsp3) is 0.176. The Hall–Kier alpha value is -2.11. The molecule has 4 nitrogen and oxygen atoms in total. The van der Waals surface area contributed by atoms with Crippen LogP contribution < -0.4 is 10.2 Å². The highest BCUT2D eigenvalue weighted by atomic mass is 35.5. The molecule has 2 rings (SSSR count). The summed E-state index contributed by atoms with van der Waals surface area (Å²) in [4.78, 5) is 12.0. The molecule has 2 aromatic rings. The highest BCUT2D eigenvalue weighted by Crippen LogP contribution is 2.20. The minimum absolute atomic E-state index is 0.255. The van der Waals surface area contributed by atoms with Gasteiger partial charge in [-0.25, -0.2) is 5.43 Å². The molecule has 0 spiro atoms. The lowest BCUT2D eigenvalue weighted by Crippen LogP contribution is -2.18. The van der Waals surface area contributed by atoms with Gasteiger partial charge in [0.2, 0.25) is 0 Å². The van der Waals surface area contributed by atoms with Gasteiger partial charge in [-0.3, -0.25) is 9.18 Å². The summed E-state index contributed by atoms with van der Waals surface area (Å²) in [5.74, 6) is 0.219. The molecule has 0 radical (unpaired) electrons. The van der Waals surface area contributed by atoms with Crippen LogP contribution in [0.2, 0.25) is 10.0 Å². The van der Waals surface area contributed by atoms with Crippen LogP contribution >= 0.6 is 23.2 Å². The van der Waals surface area contributed by atoms with Gasteiger partial charge in [0.15, 0.2) is 0 Å². The maximum atomic E-state index is 12.0. The number of benzene rings is 2. The Morgan fingerprint density at radius 2 is 1.96 bits per heavy atom. The van der Waals surface area contributed by atoms with E-state index in [0.29, 0.717) is 23.8 Å². The van der Waals surface area contributed by atoms with Crippen molar-refractivity contribution < 1.29 is 13.9 Å². The van der Waals surface area contributed by atoms with Crippen molar-refractivity contribution >= 4 is 35.3 Å². The van der Waals surface area contributed by atoms with Crippen molar-refractivity contribution in [2.24, 2.45) is 5.10 Å². The van der Waals surface area contributed by atoms with E-state index in [1.807, 2.05) is 0 Å². The number of ether oxygens (including phenoxy) is 1. The van der Waals surface area contributed by atoms with Gasteiger partial charge in [0.25, 0.3) is 5.91 Å². The first-order valence-electron chi connectivity index (χ1n) is 7.17. The molecule has 1 amide bonds. The van der Waals surface area contributed by atoms with E-state index in [1.54, 1.807) is 30.3 Å². The molecular weight excluding hydrogens is 354 g/mol. The predicted octanol–water partition coefficient (Wildman–Crippen LogP) is 4.50. The second-order valence-electron chi connectivity index (χ2n) is 4.78. The summed E-state index contributed by atoms with van der Waals surface area (Å²) in [5.41, 5.74) is 3.45. The van der Waals surface area contributed by atoms with Crippen molar-refractivity contribution in [3.8, 4) is 5.75 Å². The summed E-state index contributed by atoms with van der Waals surface area (Å²) in [5, 5.41) is 4.59. The van der Waals surface area contributed by atoms with Crippen LogP contribution in [0.1, 0.15) is 22.3 Å². The minimum Gasteiger partial charge on any atom is -0.493 e. The Kier molecular flexibility index (Phi) is 7.03. The molecular formula is C17H15Cl2FN2O2. The quantitative estimate of drug-likeness (QED) is 0.444. The van der Waals surface area contributed by atoms with E-state index in [2.05, 4.69) is 10.5 Å². The Morgan fingerprint density at radius 3 is 2.62 bits per heavy atom. The molecule has 0 aliphatic carbocycles. The number of hydrogen-bond donors (Lipinski definition) is 1. The molecule has 0 saturated heterocycles. The molecule has 0 atom stereocenters.